The van der Waals surface area contributed by atoms with Crippen molar-refractivity contribution >= 4 is 44.8 Å². The minimum Gasteiger partial charge on any atom is -0.335 e. The number of hydrogen-bond acceptors (Lipinski definition) is 8. The molecule has 1 amide bonds. The summed E-state index contributed by atoms with van der Waals surface area (Å²) in [7, 11) is 0. The van der Waals surface area contributed by atoms with Crippen molar-refractivity contribution in [1.82, 2.24) is 20.3 Å². The molecule has 0 aliphatic heterocycles. The third kappa shape index (κ3) is 2.49. The Balaban J connectivity index is 1.86. The number of pyridine rings is 1. The molecule has 23 heavy (non-hydrogen) atoms. The predicted molar refractivity (Wildman–Crippen MR) is 87.7 cm³/mol. The summed E-state index contributed by atoms with van der Waals surface area (Å²) in [6.45, 7) is 1.78. The Labute approximate surface area is 138 Å². The van der Waals surface area contributed by atoms with Gasteiger partial charge in [0.25, 0.3) is 11.6 Å². The number of fused-ring (bicyclic) bond motifs is 1. The van der Waals surface area contributed by atoms with Crippen LogP contribution in [0.3, 0.4) is 0 Å². The Morgan fingerprint density at radius 1 is 1.35 bits per heavy atom. The van der Waals surface area contributed by atoms with Crippen LogP contribution in [-0.2, 0) is 0 Å². The normalized spacial score (nSPS) is 11.0. The van der Waals surface area contributed by atoms with Crippen LogP contribution in [0, 0.1) is 6.92 Å². The number of hydrogen-bond donors (Lipinski definition) is 1. The van der Waals surface area contributed by atoms with Gasteiger partial charge in [0.2, 0.25) is 5.13 Å². The van der Waals surface area contributed by atoms with Crippen LogP contribution in [0.15, 0.2) is 33.6 Å². The van der Waals surface area contributed by atoms with Crippen LogP contribution in [0.5, 0.6) is 0 Å². The molecule has 4 aromatic rings. The Bertz CT molecular complexity index is 976. The molecule has 4 rings (SSSR count). The first-order valence-corrected chi connectivity index (χ1v) is 8.37. The van der Waals surface area contributed by atoms with Gasteiger partial charge in [-0.3, -0.25) is 10.1 Å². The van der Waals surface area contributed by atoms with Crippen LogP contribution in [0.25, 0.3) is 21.7 Å². The standard InChI is InChI=1S/C14H9N5O2S2/c1-7-11-8(12(20)17-14-18-15-6-23-14)5-9(10-3-2-4-22-10)16-13(11)21-19-7/h2-6H,1H3,(H,17,18,20). The first kappa shape index (κ1) is 14.0. The number of carbonyl (C=O) groups is 1. The van der Waals surface area contributed by atoms with E-state index in [1.54, 1.807) is 29.8 Å². The quantitative estimate of drug-likeness (QED) is 0.613. The van der Waals surface area contributed by atoms with E-state index in [2.05, 4.69) is 25.7 Å². The van der Waals surface area contributed by atoms with E-state index in [9.17, 15) is 4.79 Å². The molecular formula is C14H9N5O2S2. The molecule has 0 saturated carbocycles. The largest absolute Gasteiger partial charge is 0.335 e. The first-order valence-electron chi connectivity index (χ1n) is 6.61. The molecule has 7 nitrogen and oxygen atoms in total. The van der Waals surface area contributed by atoms with E-state index in [-0.39, 0.29) is 5.91 Å². The number of nitrogens with one attached hydrogen (secondary N) is 1. The van der Waals surface area contributed by atoms with Gasteiger partial charge in [-0.15, -0.1) is 21.5 Å². The van der Waals surface area contributed by atoms with E-state index in [1.807, 2.05) is 17.5 Å². The number of anilines is 1. The molecule has 0 aliphatic carbocycles. The highest BCUT2D eigenvalue weighted by molar-refractivity contribution is 7.13. The molecule has 1 N–H and O–H groups in total. The van der Waals surface area contributed by atoms with Crippen molar-refractivity contribution in [3.63, 3.8) is 0 Å². The minimum absolute atomic E-state index is 0.293. The summed E-state index contributed by atoms with van der Waals surface area (Å²) < 4.78 is 5.25. The number of aromatic nitrogens is 4. The van der Waals surface area contributed by atoms with Crippen molar-refractivity contribution in [3.8, 4) is 10.6 Å². The molecule has 0 atom stereocenters. The predicted octanol–water partition coefficient (Wildman–Crippen LogP) is 3.36. The average Bonchev–Trinajstić information content (AvgIpc) is 3.28. The molecule has 0 saturated heterocycles. The second kappa shape index (κ2) is 5.52. The topological polar surface area (TPSA) is 93.8 Å². The summed E-state index contributed by atoms with van der Waals surface area (Å²) >= 11 is 2.79. The minimum atomic E-state index is -0.293. The first-order chi connectivity index (χ1) is 11.2. The molecule has 4 heterocycles. The molecule has 0 unspecified atom stereocenters. The van der Waals surface area contributed by atoms with Crippen LogP contribution in [-0.4, -0.2) is 26.2 Å². The summed E-state index contributed by atoms with van der Waals surface area (Å²) in [5.74, 6) is -0.293. The lowest BCUT2D eigenvalue weighted by atomic mass is 10.1. The van der Waals surface area contributed by atoms with E-state index >= 15 is 0 Å². The molecule has 0 radical (unpaired) electrons. The molecule has 114 valence electrons. The Hall–Kier alpha value is -2.65. The smallest absolute Gasteiger partial charge is 0.259 e. The van der Waals surface area contributed by atoms with Gasteiger partial charge in [0, 0.05) is 0 Å². The lowest BCUT2D eigenvalue weighted by Gasteiger charge is -2.05. The van der Waals surface area contributed by atoms with Crippen molar-refractivity contribution in [3.05, 3.63) is 40.3 Å². The van der Waals surface area contributed by atoms with Crippen molar-refractivity contribution in [2.75, 3.05) is 5.32 Å². The van der Waals surface area contributed by atoms with Gasteiger partial charge in [-0.25, -0.2) is 4.98 Å². The average molecular weight is 343 g/mol. The van der Waals surface area contributed by atoms with Crippen LogP contribution in [0.2, 0.25) is 0 Å². The number of carbonyl (C=O) groups excluding carboxylic acids is 1. The summed E-state index contributed by atoms with van der Waals surface area (Å²) in [5, 5.41) is 17.2. The maximum absolute atomic E-state index is 12.6. The van der Waals surface area contributed by atoms with Crippen LogP contribution >= 0.6 is 22.7 Å². The second-order valence-electron chi connectivity index (χ2n) is 4.68. The zero-order valence-electron chi connectivity index (χ0n) is 11.8. The van der Waals surface area contributed by atoms with Gasteiger partial charge in [0.15, 0.2) is 0 Å². The fraction of sp³-hybridized carbons (Fsp3) is 0.0714. The highest BCUT2D eigenvalue weighted by atomic mass is 32.1. The lowest BCUT2D eigenvalue weighted by Crippen LogP contribution is -2.13. The molecular weight excluding hydrogens is 334 g/mol. The van der Waals surface area contributed by atoms with Gasteiger partial charge < -0.3 is 4.52 Å². The molecule has 0 fully saturated rings. The second-order valence-corrected chi connectivity index (χ2v) is 6.46. The van der Waals surface area contributed by atoms with E-state index in [0.717, 1.165) is 4.88 Å². The van der Waals surface area contributed by atoms with E-state index in [0.29, 0.717) is 33.2 Å². The summed E-state index contributed by atoms with van der Waals surface area (Å²) in [6, 6.07) is 5.61. The van der Waals surface area contributed by atoms with Crippen molar-refractivity contribution in [2.45, 2.75) is 6.92 Å². The third-order valence-corrected chi connectivity index (χ3v) is 4.71. The zero-order valence-corrected chi connectivity index (χ0v) is 13.4. The van der Waals surface area contributed by atoms with Gasteiger partial charge in [0.1, 0.15) is 5.51 Å². The Morgan fingerprint density at radius 3 is 3.00 bits per heavy atom. The van der Waals surface area contributed by atoms with Gasteiger partial charge in [-0.05, 0) is 24.4 Å². The third-order valence-electron chi connectivity index (χ3n) is 3.22. The van der Waals surface area contributed by atoms with Crippen molar-refractivity contribution < 1.29 is 9.32 Å². The number of aryl methyl sites for hydroxylation is 1. The van der Waals surface area contributed by atoms with Crippen LogP contribution in [0.4, 0.5) is 5.13 Å². The fourth-order valence-corrected chi connectivity index (χ4v) is 3.34. The van der Waals surface area contributed by atoms with Crippen molar-refractivity contribution in [2.24, 2.45) is 0 Å². The highest BCUT2D eigenvalue weighted by Gasteiger charge is 2.20. The van der Waals surface area contributed by atoms with E-state index in [1.165, 1.54) is 11.3 Å². The Morgan fingerprint density at radius 2 is 2.26 bits per heavy atom. The molecule has 4 aromatic heterocycles. The number of amides is 1. The Kier molecular flexibility index (Phi) is 3.36. The highest BCUT2D eigenvalue weighted by Crippen LogP contribution is 2.29. The molecule has 0 spiro atoms. The maximum Gasteiger partial charge on any atom is 0.259 e. The lowest BCUT2D eigenvalue weighted by molar-refractivity contribution is 0.102. The summed E-state index contributed by atoms with van der Waals surface area (Å²) in [6.07, 6.45) is 0. The number of thiophene rings is 1. The van der Waals surface area contributed by atoms with Gasteiger partial charge in [-0.2, -0.15) is 0 Å². The van der Waals surface area contributed by atoms with E-state index < -0.39 is 0 Å². The number of rotatable bonds is 3. The van der Waals surface area contributed by atoms with Crippen molar-refractivity contribution in [1.29, 1.82) is 0 Å². The molecule has 0 aliphatic rings. The van der Waals surface area contributed by atoms with Gasteiger partial charge >= 0.3 is 0 Å². The number of nitrogens with zero attached hydrogens (tertiary/aromatic N) is 4. The summed E-state index contributed by atoms with van der Waals surface area (Å²) in [4.78, 5) is 18.0. The fourth-order valence-electron chi connectivity index (χ4n) is 2.22. The molecule has 0 aromatic carbocycles. The van der Waals surface area contributed by atoms with Crippen LogP contribution in [0.1, 0.15) is 16.1 Å². The molecule has 0 bridgehead atoms. The van der Waals surface area contributed by atoms with Gasteiger partial charge in [-0.1, -0.05) is 22.6 Å². The van der Waals surface area contributed by atoms with Gasteiger partial charge in [0.05, 0.1) is 27.2 Å². The monoisotopic (exact) mass is 343 g/mol. The van der Waals surface area contributed by atoms with E-state index in [4.69, 9.17) is 4.52 Å². The maximum atomic E-state index is 12.6. The summed E-state index contributed by atoms with van der Waals surface area (Å²) in [5.41, 5.74) is 3.64. The molecule has 9 heteroatoms. The van der Waals surface area contributed by atoms with Crippen LogP contribution < -0.4 is 5.32 Å². The zero-order chi connectivity index (χ0) is 15.8. The SMILES string of the molecule is Cc1noc2nc(-c3cccs3)cc(C(=O)Nc3nncs3)c12.